The molecule has 8 nitrogen and oxygen atoms in total. The van der Waals surface area contributed by atoms with Crippen molar-refractivity contribution in [1.82, 2.24) is 4.98 Å². The first kappa shape index (κ1) is 23.3. The van der Waals surface area contributed by atoms with Crippen molar-refractivity contribution in [1.29, 1.82) is 0 Å². The molecular weight excluding hydrogens is 456 g/mol. The summed E-state index contributed by atoms with van der Waals surface area (Å²) in [7, 11) is 0. The van der Waals surface area contributed by atoms with Crippen molar-refractivity contribution in [2.45, 2.75) is 18.9 Å². The van der Waals surface area contributed by atoms with Crippen LogP contribution in [0, 0.1) is 13.8 Å². The summed E-state index contributed by atoms with van der Waals surface area (Å²) in [6.07, 6.45) is 1.52. The smallest absolute Gasteiger partial charge is 0.341 e. The molecule has 0 spiro atoms. The summed E-state index contributed by atoms with van der Waals surface area (Å²) in [6, 6.07) is 13.8. The summed E-state index contributed by atoms with van der Waals surface area (Å²) in [4.78, 5) is 41.8. The molecule has 1 aromatic heterocycles. The third kappa shape index (κ3) is 5.55. The molecule has 0 aliphatic carbocycles. The lowest BCUT2D eigenvalue weighted by atomic mass is 10.0. The van der Waals surface area contributed by atoms with Gasteiger partial charge in [0.05, 0.1) is 11.3 Å². The SMILES string of the molecule is Cc1ccc(C)c(C(=O)COC(=O)c2cccnc2SCC(=O)Nc2ccc3c(c2)OCO3)c1. The average molecular weight is 479 g/mol. The summed E-state index contributed by atoms with van der Waals surface area (Å²) >= 11 is 1.10. The maximum atomic E-state index is 12.6. The van der Waals surface area contributed by atoms with E-state index in [1.165, 1.54) is 6.20 Å². The van der Waals surface area contributed by atoms with Gasteiger partial charge in [-0.3, -0.25) is 9.59 Å². The topological polar surface area (TPSA) is 104 Å². The number of pyridine rings is 1. The minimum atomic E-state index is -0.676. The molecule has 9 heteroatoms. The maximum absolute atomic E-state index is 12.6. The van der Waals surface area contributed by atoms with E-state index in [-0.39, 0.29) is 36.4 Å². The van der Waals surface area contributed by atoms with Crippen molar-refractivity contribution in [3.63, 3.8) is 0 Å². The van der Waals surface area contributed by atoms with Crippen molar-refractivity contribution >= 4 is 35.1 Å². The third-order valence-corrected chi connectivity index (χ3v) is 6.02. The Morgan fingerprint density at radius 3 is 2.71 bits per heavy atom. The molecule has 1 amide bonds. The monoisotopic (exact) mass is 478 g/mol. The van der Waals surface area contributed by atoms with Crippen molar-refractivity contribution < 1.29 is 28.6 Å². The molecule has 0 radical (unpaired) electrons. The number of rotatable bonds is 8. The lowest BCUT2D eigenvalue weighted by molar-refractivity contribution is -0.113. The van der Waals surface area contributed by atoms with E-state index in [4.69, 9.17) is 14.2 Å². The fraction of sp³-hybridized carbons (Fsp3) is 0.200. The van der Waals surface area contributed by atoms with Crippen LogP contribution in [0.3, 0.4) is 0 Å². The van der Waals surface area contributed by atoms with Gasteiger partial charge in [-0.15, -0.1) is 0 Å². The number of fused-ring (bicyclic) bond motifs is 1. The maximum Gasteiger partial charge on any atom is 0.341 e. The number of hydrogen-bond acceptors (Lipinski definition) is 8. The number of benzene rings is 2. The van der Waals surface area contributed by atoms with Crippen molar-refractivity contribution in [2.75, 3.05) is 24.5 Å². The summed E-state index contributed by atoms with van der Waals surface area (Å²) in [5.41, 5.74) is 3.05. The number of Topliss-reactive ketones (excluding diaryl/α,β-unsaturated/α-hetero) is 1. The Bertz CT molecular complexity index is 1260. The Morgan fingerprint density at radius 2 is 1.85 bits per heavy atom. The molecule has 1 aliphatic rings. The largest absolute Gasteiger partial charge is 0.454 e. The third-order valence-electron chi connectivity index (χ3n) is 5.02. The molecule has 0 saturated carbocycles. The predicted molar refractivity (Wildman–Crippen MR) is 127 cm³/mol. The zero-order valence-corrected chi connectivity index (χ0v) is 19.4. The van der Waals surface area contributed by atoms with Crippen LogP contribution in [-0.4, -0.2) is 41.8 Å². The fourth-order valence-electron chi connectivity index (χ4n) is 3.29. The number of nitrogens with one attached hydrogen (secondary N) is 1. The van der Waals surface area contributed by atoms with E-state index in [0.29, 0.717) is 27.8 Å². The molecule has 2 heterocycles. The Kier molecular flexibility index (Phi) is 7.12. The molecule has 2 aromatic carbocycles. The van der Waals surface area contributed by atoms with Gasteiger partial charge >= 0.3 is 5.97 Å². The number of ether oxygens (including phenoxy) is 3. The number of esters is 1. The van der Waals surface area contributed by atoms with Gasteiger partial charge in [0.1, 0.15) is 5.03 Å². The molecule has 1 N–H and O–H groups in total. The van der Waals surface area contributed by atoms with E-state index >= 15 is 0 Å². The normalized spacial score (nSPS) is 11.7. The second kappa shape index (κ2) is 10.4. The second-order valence-corrected chi connectivity index (χ2v) is 8.54. The van der Waals surface area contributed by atoms with Crippen molar-refractivity contribution in [2.24, 2.45) is 0 Å². The van der Waals surface area contributed by atoms with Crippen LogP contribution in [-0.2, 0) is 9.53 Å². The Morgan fingerprint density at radius 1 is 1.03 bits per heavy atom. The molecule has 0 bridgehead atoms. The summed E-state index contributed by atoms with van der Waals surface area (Å²) in [5.74, 6) is -0.0246. The highest BCUT2D eigenvalue weighted by atomic mass is 32.2. The lowest BCUT2D eigenvalue weighted by Crippen LogP contribution is -2.17. The molecule has 0 fully saturated rings. The first-order chi connectivity index (χ1) is 16.4. The van der Waals surface area contributed by atoms with E-state index in [1.54, 1.807) is 36.4 Å². The fourth-order valence-corrected chi connectivity index (χ4v) is 4.07. The van der Waals surface area contributed by atoms with E-state index in [9.17, 15) is 14.4 Å². The minimum Gasteiger partial charge on any atom is -0.454 e. The van der Waals surface area contributed by atoms with Crippen LogP contribution in [0.5, 0.6) is 11.5 Å². The van der Waals surface area contributed by atoms with Crippen LogP contribution in [0.25, 0.3) is 0 Å². The summed E-state index contributed by atoms with van der Waals surface area (Å²) < 4.78 is 15.8. The Labute approximate surface area is 200 Å². The van der Waals surface area contributed by atoms with Gasteiger partial charge in [-0.2, -0.15) is 0 Å². The molecule has 1 aliphatic heterocycles. The molecule has 0 saturated heterocycles. The van der Waals surface area contributed by atoms with Crippen molar-refractivity contribution in [3.05, 3.63) is 77.0 Å². The molecular formula is C25H22N2O6S. The van der Waals surface area contributed by atoms with Crippen LogP contribution >= 0.6 is 11.8 Å². The second-order valence-electron chi connectivity index (χ2n) is 7.58. The highest BCUT2D eigenvalue weighted by Crippen LogP contribution is 2.34. The van der Waals surface area contributed by atoms with E-state index < -0.39 is 5.97 Å². The van der Waals surface area contributed by atoms with Gasteiger partial charge in [-0.05, 0) is 49.7 Å². The van der Waals surface area contributed by atoms with Crippen LogP contribution in [0.15, 0.2) is 59.8 Å². The zero-order chi connectivity index (χ0) is 24.1. The predicted octanol–water partition coefficient (Wildman–Crippen LogP) is 4.20. The number of hydrogen-bond donors (Lipinski definition) is 1. The van der Waals surface area contributed by atoms with E-state index in [1.807, 2.05) is 26.0 Å². The molecule has 4 rings (SSSR count). The number of ketones is 1. The standard InChI is InChI=1S/C25H22N2O6S/c1-15-5-6-16(2)19(10-15)20(28)12-31-25(30)18-4-3-9-26-24(18)34-13-23(29)27-17-7-8-21-22(11-17)33-14-32-21/h3-11H,12-14H2,1-2H3,(H,27,29). The van der Waals surface area contributed by atoms with Crippen LogP contribution in [0.1, 0.15) is 31.8 Å². The Hall–Kier alpha value is -3.85. The molecule has 3 aromatic rings. The Balaban J connectivity index is 1.34. The van der Waals surface area contributed by atoms with Crippen LogP contribution in [0.2, 0.25) is 0 Å². The number of carbonyl (C=O) groups is 3. The first-order valence-electron chi connectivity index (χ1n) is 10.5. The molecule has 0 unspecified atom stereocenters. The first-order valence-corrected chi connectivity index (χ1v) is 11.4. The molecule has 34 heavy (non-hydrogen) atoms. The van der Waals surface area contributed by atoms with Gasteiger partial charge < -0.3 is 19.5 Å². The lowest BCUT2D eigenvalue weighted by Gasteiger charge is -2.10. The highest BCUT2D eigenvalue weighted by molar-refractivity contribution is 8.00. The number of carbonyl (C=O) groups excluding carboxylic acids is 3. The quantitative estimate of drug-likeness (QED) is 0.292. The van der Waals surface area contributed by atoms with Gasteiger partial charge in [0, 0.05) is 23.5 Å². The van der Waals surface area contributed by atoms with Crippen LogP contribution in [0.4, 0.5) is 5.69 Å². The summed E-state index contributed by atoms with van der Waals surface area (Å²) in [6.45, 7) is 3.49. The number of amides is 1. The summed E-state index contributed by atoms with van der Waals surface area (Å²) in [5, 5.41) is 3.11. The average Bonchev–Trinajstić information content (AvgIpc) is 3.30. The number of thioether (sulfide) groups is 1. The van der Waals surface area contributed by atoms with E-state index in [2.05, 4.69) is 10.3 Å². The number of aryl methyl sites for hydroxylation is 2. The van der Waals surface area contributed by atoms with Gasteiger partial charge in [-0.25, -0.2) is 9.78 Å². The van der Waals surface area contributed by atoms with Crippen LogP contribution < -0.4 is 14.8 Å². The molecule has 174 valence electrons. The number of anilines is 1. The van der Waals surface area contributed by atoms with Gasteiger partial charge in [-0.1, -0.05) is 29.5 Å². The minimum absolute atomic E-state index is 0.0210. The van der Waals surface area contributed by atoms with E-state index in [0.717, 1.165) is 22.9 Å². The number of nitrogens with zero attached hydrogens (tertiary/aromatic N) is 1. The van der Waals surface area contributed by atoms with Gasteiger partial charge in [0.2, 0.25) is 18.5 Å². The number of aromatic nitrogens is 1. The van der Waals surface area contributed by atoms with Gasteiger partial charge in [0.25, 0.3) is 0 Å². The van der Waals surface area contributed by atoms with Crippen molar-refractivity contribution in [3.8, 4) is 11.5 Å². The van der Waals surface area contributed by atoms with Gasteiger partial charge in [0.15, 0.2) is 18.1 Å². The zero-order valence-electron chi connectivity index (χ0n) is 18.6. The molecule has 0 atom stereocenters. The highest BCUT2D eigenvalue weighted by Gasteiger charge is 2.19.